The number of thioether (sulfide) groups is 1. The van der Waals surface area contributed by atoms with E-state index in [-0.39, 0.29) is 23.2 Å². The number of nitrogens with two attached hydrogens (primary N) is 1. The third-order valence-electron chi connectivity index (χ3n) is 3.81. The van der Waals surface area contributed by atoms with Crippen LogP contribution < -0.4 is 5.73 Å². The number of hydrogen-bond donors (Lipinski definition) is 1. The van der Waals surface area contributed by atoms with Crippen LogP contribution in [0.25, 0.3) is 0 Å². The van der Waals surface area contributed by atoms with Gasteiger partial charge in [-0.25, -0.2) is 0 Å². The zero-order valence-corrected chi connectivity index (χ0v) is 14.7. The van der Waals surface area contributed by atoms with Crippen LogP contribution in [0.1, 0.15) is 31.1 Å². The van der Waals surface area contributed by atoms with Gasteiger partial charge in [0.2, 0.25) is 5.91 Å². The van der Waals surface area contributed by atoms with Crippen LogP contribution in [0.2, 0.25) is 0 Å². The van der Waals surface area contributed by atoms with Crippen LogP contribution >= 0.6 is 11.8 Å². The van der Waals surface area contributed by atoms with Crippen molar-refractivity contribution in [1.29, 1.82) is 0 Å². The molecule has 0 aliphatic carbocycles. The molecule has 6 heteroatoms. The number of benzene rings is 1. The number of hydrogen-bond acceptors (Lipinski definition) is 4. The smallest absolute Gasteiger partial charge is 0.255 e. The SMILES string of the molecule is CC(C)(C)[C@@H]1CN(C(=O)c2ccccc2SCC(N)=O)CCO1. The Balaban J connectivity index is 2.15. The molecule has 1 saturated heterocycles. The third-order valence-corrected chi connectivity index (χ3v) is 4.90. The Morgan fingerprint density at radius 1 is 1.35 bits per heavy atom. The summed E-state index contributed by atoms with van der Waals surface area (Å²) in [6.45, 7) is 8.05. The second-order valence-electron chi connectivity index (χ2n) is 6.73. The van der Waals surface area contributed by atoms with Gasteiger partial charge in [-0.2, -0.15) is 0 Å². The van der Waals surface area contributed by atoms with Crippen molar-refractivity contribution < 1.29 is 14.3 Å². The van der Waals surface area contributed by atoms with E-state index in [4.69, 9.17) is 10.5 Å². The molecule has 0 aromatic heterocycles. The summed E-state index contributed by atoms with van der Waals surface area (Å²) < 4.78 is 5.81. The van der Waals surface area contributed by atoms with Gasteiger partial charge in [0.15, 0.2) is 0 Å². The van der Waals surface area contributed by atoms with E-state index in [9.17, 15) is 9.59 Å². The summed E-state index contributed by atoms with van der Waals surface area (Å²) in [5, 5.41) is 0. The van der Waals surface area contributed by atoms with E-state index in [2.05, 4.69) is 20.8 Å². The average Bonchev–Trinajstić information content (AvgIpc) is 2.52. The Bertz CT molecular complexity index is 583. The highest BCUT2D eigenvalue weighted by molar-refractivity contribution is 8.00. The molecule has 0 bridgehead atoms. The van der Waals surface area contributed by atoms with Gasteiger partial charge < -0.3 is 15.4 Å². The minimum absolute atomic E-state index is 0.0147. The summed E-state index contributed by atoms with van der Waals surface area (Å²) >= 11 is 1.30. The van der Waals surface area contributed by atoms with Crippen LogP contribution in [0.3, 0.4) is 0 Å². The maximum absolute atomic E-state index is 12.9. The first kappa shape index (κ1) is 17.8. The van der Waals surface area contributed by atoms with Crippen LogP contribution in [-0.4, -0.2) is 48.3 Å². The van der Waals surface area contributed by atoms with Gasteiger partial charge in [-0.3, -0.25) is 9.59 Å². The number of morpholine rings is 1. The predicted octanol–water partition coefficient (Wildman–Crippen LogP) is 2.15. The van der Waals surface area contributed by atoms with Crippen LogP contribution in [0, 0.1) is 5.41 Å². The summed E-state index contributed by atoms with van der Waals surface area (Å²) in [4.78, 5) is 26.5. The molecule has 0 saturated carbocycles. The van der Waals surface area contributed by atoms with Crippen molar-refractivity contribution >= 4 is 23.6 Å². The molecule has 5 nitrogen and oxygen atoms in total. The Kier molecular flexibility index (Phi) is 5.70. The summed E-state index contributed by atoms with van der Waals surface area (Å²) in [7, 11) is 0. The highest BCUT2D eigenvalue weighted by Crippen LogP contribution is 2.28. The van der Waals surface area contributed by atoms with Gasteiger partial charge in [0.1, 0.15) is 0 Å². The fourth-order valence-electron chi connectivity index (χ4n) is 2.45. The van der Waals surface area contributed by atoms with Crippen molar-refractivity contribution in [2.45, 2.75) is 31.8 Å². The van der Waals surface area contributed by atoms with E-state index in [0.717, 1.165) is 4.90 Å². The molecular weight excluding hydrogens is 312 g/mol. The second-order valence-corrected chi connectivity index (χ2v) is 7.74. The van der Waals surface area contributed by atoms with Gasteiger partial charge in [-0.05, 0) is 17.5 Å². The van der Waals surface area contributed by atoms with Gasteiger partial charge in [0, 0.05) is 18.0 Å². The Hall–Kier alpha value is -1.53. The second kappa shape index (κ2) is 7.36. The molecule has 2 amide bonds. The first-order valence-corrected chi connectivity index (χ1v) is 8.68. The number of nitrogens with zero attached hydrogens (tertiary/aromatic N) is 1. The quantitative estimate of drug-likeness (QED) is 0.855. The van der Waals surface area contributed by atoms with E-state index >= 15 is 0 Å². The molecule has 23 heavy (non-hydrogen) atoms. The number of ether oxygens (including phenoxy) is 1. The fourth-order valence-corrected chi connectivity index (χ4v) is 3.23. The Labute approximate surface area is 141 Å². The maximum Gasteiger partial charge on any atom is 0.255 e. The molecule has 0 radical (unpaired) electrons. The van der Waals surface area contributed by atoms with Crippen LogP contribution in [-0.2, 0) is 9.53 Å². The molecule has 0 unspecified atom stereocenters. The lowest BCUT2D eigenvalue weighted by Gasteiger charge is -2.39. The van der Waals surface area contributed by atoms with Gasteiger partial charge in [-0.15, -0.1) is 11.8 Å². The van der Waals surface area contributed by atoms with Gasteiger partial charge in [0.25, 0.3) is 5.91 Å². The van der Waals surface area contributed by atoms with Gasteiger partial charge in [-0.1, -0.05) is 32.9 Å². The molecule has 2 N–H and O–H groups in total. The zero-order chi connectivity index (χ0) is 17.0. The minimum Gasteiger partial charge on any atom is -0.374 e. The van der Waals surface area contributed by atoms with Crippen molar-refractivity contribution in [3.63, 3.8) is 0 Å². The molecule has 2 rings (SSSR count). The van der Waals surface area contributed by atoms with Crippen LogP contribution in [0.4, 0.5) is 0 Å². The standard InChI is InChI=1S/C17H24N2O3S/c1-17(2,3)14-10-19(8-9-22-14)16(21)12-6-4-5-7-13(12)23-11-15(18)20/h4-7,14H,8-11H2,1-3H3,(H2,18,20)/t14-/m0/s1. The number of rotatable bonds is 4. The number of primary amides is 1. The molecule has 1 aliphatic rings. The van der Waals surface area contributed by atoms with E-state index in [1.54, 1.807) is 6.07 Å². The lowest BCUT2D eigenvalue weighted by Crippen LogP contribution is -2.50. The molecular formula is C17H24N2O3S. The molecule has 126 valence electrons. The van der Waals surface area contributed by atoms with Crippen molar-refractivity contribution in [1.82, 2.24) is 4.90 Å². The van der Waals surface area contributed by atoms with Crippen LogP contribution in [0.5, 0.6) is 0 Å². The first-order valence-electron chi connectivity index (χ1n) is 7.70. The van der Waals surface area contributed by atoms with E-state index in [1.165, 1.54) is 11.8 Å². The molecule has 1 fully saturated rings. The van der Waals surface area contributed by atoms with E-state index in [1.807, 2.05) is 23.1 Å². The minimum atomic E-state index is -0.392. The number of carbonyl (C=O) groups is 2. The third kappa shape index (κ3) is 4.72. The molecule has 0 spiro atoms. The maximum atomic E-state index is 12.9. The summed E-state index contributed by atoms with van der Waals surface area (Å²) in [6.07, 6.45) is 0.0191. The first-order chi connectivity index (χ1) is 10.8. The molecule has 1 atom stereocenters. The van der Waals surface area contributed by atoms with Crippen molar-refractivity contribution in [2.75, 3.05) is 25.4 Å². The molecule has 1 aromatic carbocycles. The predicted molar refractivity (Wildman–Crippen MR) is 91.5 cm³/mol. The van der Waals surface area contributed by atoms with Crippen molar-refractivity contribution in [3.8, 4) is 0 Å². The van der Waals surface area contributed by atoms with E-state index < -0.39 is 5.91 Å². The number of amides is 2. The monoisotopic (exact) mass is 336 g/mol. The van der Waals surface area contributed by atoms with Crippen molar-refractivity contribution in [2.24, 2.45) is 11.1 Å². The Morgan fingerprint density at radius 3 is 2.70 bits per heavy atom. The normalized spacial score (nSPS) is 18.7. The lowest BCUT2D eigenvalue weighted by atomic mass is 9.88. The van der Waals surface area contributed by atoms with Gasteiger partial charge in [0.05, 0.1) is 24.0 Å². The summed E-state index contributed by atoms with van der Waals surface area (Å²) in [5.74, 6) is -0.246. The Morgan fingerprint density at radius 2 is 2.04 bits per heavy atom. The molecule has 1 heterocycles. The highest BCUT2D eigenvalue weighted by atomic mass is 32.2. The van der Waals surface area contributed by atoms with E-state index in [0.29, 0.717) is 25.3 Å². The van der Waals surface area contributed by atoms with Gasteiger partial charge >= 0.3 is 0 Å². The van der Waals surface area contributed by atoms with Crippen LogP contribution in [0.15, 0.2) is 29.2 Å². The summed E-state index contributed by atoms with van der Waals surface area (Å²) in [5.41, 5.74) is 5.81. The molecule has 1 aromatic rings. The number of carbonyl (C=O) groups excluding carboxylic acids is 2. The fraction of sp³-hybridized carbons (Fsp3) is 0.529. The summed E-state index contributed by atoms with van der Waals surface area (Å²) in [6, 6.07) is 7.34. The van der Waals surface area contributed by atoms with Crippen molar-refractivity contribution in [3.05, 3.63) is 29.8 Å². The highest BCUT2D eigenvalue weighted by Gasteiger charge is 2.33. The largest absolute Gasteiger partial charge is 0.374 e. The average molecular weight is 336 g/mol. The lowest BCUT2D eigenvalue weighted by molar-refractivity contribution is -0.115. The molecule has 1 aliphatic heterocycles. The topological polar surface area (TPSA) is 72.6 Å². The zero-order valence-electron chi connectivity index (χ0n) is 13.9.